The van der Waals surface area contributed by atoms with Gasteiger partial charge in [-0.3, -0.25) is 0 Å². The van der Waals surface area contributed by atoms with Crippen LogP contribution in [0.1, 0.15) is 43.7 Å². The molecule has 0 atom stereocenters. The van der Waals surface area contributed by atoms with Crippen LogP contribution in [0.2, 0.25) is 0 Å². The summed E-state index contributed by atoms with van der Waals surface area (Å²) < 4.78 is 12.5. The van der Waals surface area contributed by atoms with Gasteiger partial charge in [0.05, 0.1) is 6.26 Å². The number of furan rings is 1. The Kier molecular flexibility index (Phi) is 5.40. The highest BCUT2D eigenvalue weighted by Gasteiger charge is 2.15. The van der Waals surface area contributed by atoms with Crippen molar-refractivity contribution >= 4 is 37.9 Å². The molecule has 0 fully saturated rings. The molecule has 0 N–H and O–H groups in total. The predicted molar refractivity (Wildman–Crippen MR) is 118 cm³/mol. The summed E-state index contributed by atoms with van der Waals surface area (Å²) in [5.41, 5.74) is 5.05. The first-order valence-corrected chi connectivity index (χ1v) is 10.6. The van der Waals surface area contributed by atoms with Crippen LogP contribution >= 0.6 is 15.9 Å². The largest absolute Gasteiger partial charge is 0.464 e. The van der Waals surface area contributed by atoms with Crippen LogP contribution in [-0.4, -0.2) is 0 Å². The van der Waals surface area contributed by atoms with E-state index in [1.54, 1.807) is 6.26 Å². The SMILES string of the molecule is CCCCCCc1c(C)c2cc3c(-c4ccc(Br)cc4)coc3cc2oc1=O. The third kappa shape index (κ3) is 3.53. The lowest BCUT2D eigenvalue weighted by Gasteiger charge is -2.08. The van der Waals surface area contributed by atoms with Crippen molar-refractivity contribution in [3.63, 3.8) is 0 Å². The van der Waals surface area contributed by atoms with Gasteiger partial charge in [-0.05, 0) is 49.1 Å². The van der Waals surface area contributed by atoms with Gasteiger partial charge in [-0.1, -0.05) is 54.2 Å². The molecule has 0 spiro atoms. The van der Waals surface area contributed by atoms with Crippen molar-refractivity contribution < 1.29 is 8.83 Å². The highest BCUT2D eigenvalue weighted by atomic mass is 79.9. The van der Waals surface area contributed by atoms with Gasteiger partial charge in [0.2, 0.25) is 0 Å². The topological polar surface area (TPSA) is 43.4 Å². The summed E-state index contributed by atoms with van der Waals surface area (Å²) in [6.45, 7) is 4.22. The number of hydrogen-bond donors (Lipinski definition) is 0. The zero-order valence-corrected chi connectivity index (χ0v) is 17.8. The fraction of sp³-hybridized carbons (Fsp3) is 0.292. The fourth-order valence-corrected chi connectivity index (χ4v) is 4.05. The molecule has 2 aromatic heterocycles. The molecule has 0 amide bonds. The molecule has 0 bridgehead atoms. The van der Waals surface area contributed by atoms with Crippen LogP contribution in [0.15, 0.2) is 60.8 Å². The van der Waals surface area contributed by atoms with Crippen LogP contribution in [0, 0.1) is 6.92 Å². The average Bonchev–Trinajstić information content (AvgIpc) is 3.09. The number of hydrogen-bond acceptors (Lipinski definition) is 3. The van der Waals surface area contributed by atoms with Crippen molar-refractivity contribution in [2.24, 2.45) is 0 Å². The molecule has 3 nitrogen and oxygen atoms in total. The Balaban J connectivity index is 1.82. The van der Waals surface area contributed by atoms with Crippen LogP contribution in [0.4, 0.5) is 0 Å². The molecule has 0 unspecified atom stereocenters. The lowest BCUT2D eigenvalue weighted by Crippen LogP contribution is -2.10. The van der Waals surface area contributed by atoms with Gasteiger partial charge in [0.25, 0.3) is 0 Å². The van der Waals surface area contributed by atoms with E-state index in [0.29, 0.717) is 5.58 Å². The molecule has 0 radical (unpaired) electrons. The molecule has 4 heteroatoms. The van der Waals surface area contributed by atoms with Gasteiger partial charge in [0, 0.05) is 32.4 Å². The van der Waals surface area contributed by atoms with E-state index in [-0.39, 0.29) is 5.63 Å². The smallest absolute Gasteiger partial charge is 0.339 e. The summed E-state index contributed by atoms with van der Waals surface area (Å²) in [5, 5.41) is 2.01. The van der Waals surface area contributed by atoms with Crippen molar-refractivity contribution in [2.45, 2.75) is 46.0 Å². The summed E-state index contributed by atoms with van der Waals surface area (Å²) in [5.74, 6) is 0. The van der Waals surface area contributed by atoms with Crippen molar-refractivity contribution in [3.05, 3.63) is 68.7 Å². The lowest BCUT2D eigenvalue weighted by molar-refractivity contribution is 0.541. The molecular formula is C24H23BrO3. The van der Waals surface area contributed by atoms with Crippen LogP contribution in [0.25, 0.3) is 33.1 Å². The van der Waals surface area contributed by atoms with E-state index in [1.165, 1.54) is 12.8 Å². The van der Waals surface area contributed by atoms with Crippen LogP contribution in [0.5, 0.6) is 0 Å². The van der Waals surface area contributed by atoms with Crippen molar-refractivity contribution in [3.8, 4) is 11.1 Å². The minimum absolute atomic E-state index is 0.222. The van der Waals surface area contributed by atoms with Gasteiger partial charge >= 0.3 is 5.63 Å². The fourth-order valence-electron chi connectivity index (χ4n) is 3.78. The molecule has 4 rings (SSSR count). The third-order valence-electron chi connectivity index (χ3n) is 5.42. The third-order valence-corrected chi connectivity index (χ3v) is 5.95. The summed E-state index contributed by atoms with van der Waals surface area (Å²) >= 11 is 3.48. The van der Waals surface area contributed by atoms with E-state index in [1.807, 2.05) is 25.1 Å². The summed E-state index contributed by atoms with van der Waals surface area (Å²) in [6, 6.07) is 12.1. The van der Waals surface area contributed by atoms with Gasteiger partial charge in [0.15, 0.2) is 0 Å². The van der Waals surface area contributed by atoms with Crippen molar-refractivity contribution in [2.75, 3.05) is 0 Å². The molecular weight excluding hydrogens is 416 g/mol. The molecule has 0 saturated carbocycles. The molecule has 144 valence electrons. The van der Waals surface area contributed by atoms with E-state index in [9.17, 15) is 4.79 Å². The zero-order chi connectivity index (χ0) is 19.7. The molecule has 0 saturated heterocycles. The molecule has 0 aliphatic rings. The molecule has 2 heterocycles. The molecule has 0 aliphatic heterocycles. The minimum atomic E-state index is -0.222. The van der Waals surface area contributed by atoms with Crippen LogP contribution < -0.4 is 5.63 Å². The first-order valence-electron chi connectivity index (χ1n) is 9.82. The number of fused-ring (bicyclic) bond motifs is 2. The van der Waals surface area contributed by atoms with Gasteiger partial charge in [-0.15, -0.1) is 0 Å². The van der Waals surface area contributed by atoms with E-state index >= 15 is 0 Å². The van der Waals surface area contributed by atoms with E-state index < -0.39 is 0 Å². The van der Waals surface area contributed by atoms with Gasteiger partial charge in [-0.25, -0.2) is 4.79 Å². The summed E-state index contributed by atoms with van der Waals surface area (Å²) in [4.78, 5) is 12.5. The van der Waals surface area contributed by atoms with E-state index in [0.717, 1.165) is 62.3 Å². The second-order valence-electron chi connectivity index (χ2n) is 7.30. The average molecular weight is 439 g/mol. The van der Waals surface area contributed by atoms with Gasteiger partial charge < -0.3 is 8.83 Å². The number of unbranched alkanes of at least 4 members (excludes halogenated alkanes) is 3. The molecule has 4 aromatic rings. The Morgan fingerprint density at radius 1 is 0.964 bits per heavy atom. The lowest BCUT2D eigenvalue weighted by atomic mass is 9.98. The second-order valence-corrected chi connectivity index (χ2v) is 8.22. The quantitative estimate of drug-likeness (QED) is 0.232. The van der Waals surface area contributed by atoms with Crippen LogP contribution in [-0.2, 0) is 6.42 Å². The minimum Gasteiger partial charge on any atom is -0.464 e. The maximum absolute atomic E-state index is 12.5. The first kappa shape index (κ1) is 19.0. The first-order chi connectivity index (χ1) is 13.6. The number of rotatable bonds is 6. The Morgan fingerprint density at radius 3 is 2.50 bits per heavy atom. The summed E-state index contributed by atoms with van der Waals surface area (Å²) in [7, 11) is 0. The Morgan fingerprint density at radius 2 is 1.75 bits per heavy atom. The predicted octanol–water partition coefficient (Wildman–Crippen LogP) is 7.40. The van der Waals surface area contributed by atoms with Gasteiger partial charge in [0.1, 0.15) is 11.2 Å². The highest BCUT2D eigenvalue weighted by Crippen LogP contribution is 2.35. The maximum Gasteiger partial charge on any atom is 0.339 e. The van der Waals surface area contributed by atoms with Crippen LogP contribution in [0.3, 0.4) is 0 Å². The number of aryl methyl sites for hydroxylation is 1. The normalized spacial score (nSPS) is 11.5. The van der Waals surface area contributed by atoms with Gasteiger partial charge in [-0.2, -0.15) is 0 Å². The Bertz CT molecular complexity index is 1180. The zero-order valence-electron chi connectivity index (χ0n) is 16.2. The van der Waals surface area contributed by atoms with Crippen molar-refractivity contribution in [1.82, 2.24) is 0 Å². The van der Waals surface area contributed by atoms with Crippen molar-refractivity contribution in [1.29, 1.82) is 0 Å². The summed E-state index contributed by atoms with van der Waals surface area (Å²) in [6.07, 6.45) is 7.08. The Labute approximate surface area is 172 Å². The second kappa shape index (κ2) is 7.96. The van der Waals surface area contributed by atoms with E-state index in [4.69, 9.17) is 8.83 Å². The maximum atomic E-state index is 12.5. The molecule has 2 aromatic carbocycles. The number of halogens is 1. The number of benzene rings is 2. The molecule has 0 aliphatic carbocycles. The highest BCUT2D eigenvalue weighted by molar-refractivity contribution is 9.10. The molecule has 28 heavy (non-hydrogen) atoms. The standard InChI is InChI=1S/C24H23BrO3/c1-3-4-5-6-7-18-15(2)19-12-20-21(16-8-10-17(25)11-9-16)14-27-22(20)13-23(19)28-24(18)26/h8-14H,3-7H2,1-2H3. The monoisotopic (exact) mass is 438 g/mol. The Hall–Kier alpha value is -2.33. The van der Waals surface area contributed by atoms with E-state index in [2.05, 4.69) is 41.1 Å².